The van der Waals surface area contributed by atoms with Gasteiger partial charge in [-0.05, 0) is 46.3 Å². The summed E-state index contributed by atoms with van der Waals surface area (Å²) in [6.07, 6.45) is 6.02. The number of aromatic nitrogens is 1. The SMILES string of the molecule is C/C1=C/C[C@@H](/C(C)=C/c2csc(C)n2)OC(=O)/C=C/C(C)(C)C(=O)[C@H](C)[C@@H](O)[C@@H](C)COC1. The van der Waals surface area contributed by atoms with Crippen molar-refractivity contribution < 1.29 is 24.2 Å². The van der Waals surface area contributed by atoms with Crippen molar-refractivity contribution in [2.75, 3.05) is 13.2 Å². The number of aliphatic hydroxyl groups excluding tert-OH is 1. The summed E-state index contributed by atoms with van der Waals surface area (Å²) in [6, 6.07) is 0. The Morgan fingerprint density at radius 1 is 1.27 bits per heavy atom. The number of rotatable bonds is 2. The van der Waals surface area contributed by atoms with E-state index in [1.54, 1.807) is 38.2 Å². The second-order valence-corrected chi connectivity index (χ2v) is 10.6. The van der Waals surface area contributed by atoms with E-state index in [0.717, 1.165) is 21.8 Å². The molecule has 1 aliphatic heterocycles. The Hall–Kier alpha value is -2.09. The number of hydrogen-bond acceptors (Lipinski definition) is 7. The largest absolute Gasteiger partial charge is 0.454 e. The van der Waals surface area contributed by atoms with Crippen LogP contribution in [0.25, 0.3) is 6.08 Å². The summed E-state index contributed by atoms with van der Waals surface area (Å²) in [5.41, 5.74) is 1.80. The van der Waals surface area contributed by atoms with Gasteiger partial charge in [-0.15, -0.1) is 11.3 Å². The van der Waals surface area contributed by atoms with Crippen molar-refractivity contribution in [2.24, 2.45) is 17.3 Å². The van der Waals surface area contributed by atoms with Crippen LogP contribution in [0.4, 0.5) is 0 Å². The lowest BCUT2D eigenvalue weighted by Crippen LogP contribution is -2.39. The maximum Gasteiger partial charge on any atom is 0.331 e. The number of ether oxygens (including phenoxy) is 2. The monoisotopic (exact) mass is 475 g/mol. The first-order valence-corrected chi connectivity index (χ1v) is 12.2. The molecule has 182 valence electrons. The minimum Gasteiger partial charge on any atom is -0.454 e. The Kier molecular flexibility index (Phi) is 9.76. The van der Waals surface area contributed by atoms with Crippen LogP contribution in [-0.4, -0.2) is 47.3 Å². The molecule has 4 atom stereocenters. The smallest absolute Gasteiger partial charge is 0.331 e. The predicted molar refractivity (Wildman–Crippen MR) is 132 cm³/mol. The predicted octanol–water partition coefficient (Wildman–Crippen LogP) is 4.92. The van der Waals surface area contributed by atoms with Crippen LogP contribution >= 0.6 is 11.3 Å². The van der Waals surface area contributed by atoms with Crippen LogP contribution in [0.5, 0.6) is 0 Å². The van der Waals surface area contributed by atoms with E-state index in [9.17, 15) is 14.7 Å². The number of Topliss-reactive ketones (excluding diaryl/α,β-unsaturated/α-hetero) is 1. The Bertz CT molecular complexity index is 927. The average Bonchev–Trinajstić information content (AvgIpc) is 3.17. The lowest BCUT2D eigenvalue weighted by atomic mass is 9.77. The number of nitrogens with zero attached hydrogens (tertiary/aromatic N) is 1. The number of esters is 1. The quantitative estimate of drug-likeness (QED) is 0.483. The first kappa shape index (κ1) is 27.2. The number of aryl methyl sites for hydroxylation is 1. The normalized spacial score (nSPS) is 30.9. The molecule has 6 nitrogen and oxygen atoms in total. The van der Waals surface area contributed by atoms with Gasteiger partial charge in [-0.25, -0.2) is 9.78 Å². The number of aliphatic hydroxyl groups is 1. The molecular weight excluding hydrogens is 438 g/mol. The molecule has 0 amide bonds. The minimum atomic E-state index is -0.925. The number of carbonyl (C=O) groups is 2. The van der Waals surface area contributed by atoms with Crippen LogP contribution in [0.3, 0.4) is 0 Å². The topological polar surface area (TPSA) is 85.7 Å². The molecule has 0 saturated heterocycles. The van der Waals surface area contributed by atoms with Crippen LogP contribution < -0.4 is 0 Å². The van der Waals surface area contributed by atoms with Crippen molar-refractivity contribution in [3.8, 4) is 0 Å². The average molecular weight is 476 g/mol. The van der Waals surface area contributed by atoms with Gasteiger partial charge < -0.3 is 14.6 Å². The Morgan fingerprint density at radius 2 is 1.97 bits per heavy atom. The Morgan fingerprint density at radius 3 is 2.61 bits per heavy atom. The molecule has 0 fully saturated rings. The van der Waals surface area contributed by atoms with Crippen molar-refractivity contribution in [3.63, 3.8) is 0 Å². The van der Waals surface area contributed by atoms with Gasteiger partial charge in [-0.1, -0.05) is 31.6 Å². The summed E-state index contributed by atoms with van der Waals surface area (Å²) in [7, 11) is 0. The molecular formula is C26H37NO5S. The third-order valence-corrected chi connectivity index (χ3v) is 6.74. The molecule has 33 heavy (non-hydrogen) atoms. The highest BCUT2D eigenvalue weighted by atomic mass is 32.1. The zero-order chi connectivity index (χ0) is 24.8. The van der Waals surface area contributed by atoms with Gasteiger partial charge in [0.2, 0.25) is 0 Å². The van der Waals surface area contributed by atoms with Gasteiger partial charge in [0.1, 0.15) is 11.9 Å². The number of thiazole rings is 1. The van der Waals surface area contributed by atoms with Crippen LogP contribution in [0, 0.1) is 24.2 Å². The summed E-state index contributed by atoms with van der Waals surface area (Å²) in [5, 5.41) is 13.6. The third kappa shape index (κ3) is 8.02. The summed E-state index contributed by atoms with van der Waals surface area (Å²) in [4.78, 5) is 30.2. The van der Waals surface area contributed by atoms with Gasteiger partial charge >= 0.3 is 5.97 Å². The van der Waals surface area contributed by atoms with E-state index in [-0.39, 0.29) is 11.7 Å². The standard InChI is InChI=1S/C26H37NO5S/c1-16-8-9-22(17(2)12-21-15-33-20(5)27-21)32-23(28)10-11-26(6,7)25(30)19(4)24(29)18(3)14-31-13-16/h8,10-12,15,18-19,22,24,29H,9,13-14H2,1-7H3/b11-10+,16-8-,17-12+/t18-,19+,22-,24-/m0/s1. The zero-order valence-corrected chi connectivity index (χ0v) is 21.6. The molecule has 2 rings (SSSR count). The Labute approximate surface area is 201 Å². The van der Waals surface area contributed by atoms with Crippen molar-refractivity contribution in [1.82, 2.24) is 4.98 Å². The van der Waals surface area contributed by atoms with Crippen molar-refractivity contribution in [3.05, 3.63) is 45.5 Å². The van der Waals surface area contributed by atoms with E-state index < -0.39 is 29.5 Å². The van der Waals surface area contributed by atoms with Crippen LogP contribution in [0.15, 0.2) is 34.8 Å². The summed E-state index contributed by atoms with van der Waals surface area (Å²) < 4.78 is 11.6. The van der Waals surface area contributed by atoms with E-state index in [1.807, 2.05) is 45.2 Å². The van der Waals surface area contributed by atoms with Crippen LogP contribution in [-0.2, 0) is 19.1 Å². The molecule has 2 heterocycles. The van der Waals surface area contributed by atoms with E-state index in [4.69, 9.17) is 9.47 Å². The maximum absolute atomic E-state index is 13.0. The van der Waals surface area contributed by atoms with Gasteiger partial charge in [0.25, 0.3) is 0 Å². The molecule has 1 aliphatic rings. The first-order chi connectivity index (χ1) is 15.4. The highest BCUT2D eigenvalue weighted by Crippen LogP contribution is 2.28. The molecule has 0 aromatic carbocycles. The van der Waals surface area contributed by atoms with E-state index in [2.05, 4.69) is 4.98 Å². The number of carbonyl (C=O) groups excluding carboxylic acids is 2. The second-order valence-electron chi connectivity index (χ2n) is 9.58. The van der Waals surface area contributed by atoms with Crippen molar-refractivity contribution in [1.29, 1.82) is 0 Å². The molecule has 7 heteroatoms. The molecule has 1 N–H and O–H groups in total. The fraction of sp³-hybridized carbons (Fsp3) is 0.577. The molecule has 1 aromatic rings. The summed E-state index contributed by atoms with van der Waals surface area (Å²) >= 11 is 1.57. The van der Waals surface area contributed by atoms with Gasteiger partial charge in [-0.2, -0.15) is 0 Å². The van der Waals surface area contributed by atoms with Crippen LogP contribution in [0.2, 0.25) is 0 Å². The number of cyclic esters (lactones) is 1. The van der Waals surface area contributed by atoms with Crippen molar-refractivity contribution >= 4 is 29.2 Å². The molecule has 0 unspecified atom stereocenters. The zero-order valence-electron chi connectivity index (χ0n) is 20.8. The molecule has 0 bridgehead atoms. The summed E-state index contributed by atoms with van der Waals surface area (Å²) in [5.74, 6) is -1.45. The highest BCUT2D eigenvalue weighted by molar-refractivity contribution is 7.09. The maximum atomic E-state index is 13.0. The van der Waals surface area contributed by atoms with E-state index >= 15 is 0 Å². The van der Waals surface area contributed by atoms with Gasteiger partial charge in [-0.3, -0.25) is 4.79 Å². The Balaban J connectivity index is 2.33. The van der Waals surface area contributed by atoms with Gasteiger partial charge in [0.05, 0.1) is 30.0 Å². The fourth-order valence-electron chi connectivity index (χ4n) is 3.74. The van der Waals surface area contributed by atoms with Crippen LogP contribution in [0.1, 0.15) is 58.7 Å². The molecule has 0 saturated carbocycles. The number of hydrogen-bond donors (Lipinski definition) is 1. The minimum absolute atomic E-state index is 0.138. The lowest BCUT2D eigenvalue weighted by Gasteiger charge is -2.29. The molecule has 0 aliphatic carbocycles. The van der Waals surface area contributed by atoms with Gasteiger partial charge in [0, 0.05) is 35.1 Å². The number of ketones is 1. The van der Waals surface area contributed by atoms with Gasteiger partial charge in [0.15, 0.2) is 0 Å². The molecule has 0 spiro atoms. The van der Waals surface area contributed by atoms with E-state index in [0.29, 0.717) is 19.6 Å². The highest BCUT2D eigenvalue weighted by Gasteiger charge is 2.35. The first-order valence-electron chi connectivity index (χ1n) is 11.4. The second kappa shape index (κ2) is 11.9. The molecule has 1 aromatic heterocycles. The number of allylic oxidation sites excluding steroid dienone is 1. The molecule has 0 radical (unpaired) electrons. The summed E-state index contributed by atoms with van der Waals surface area (Å²) in [6.45, 7) is 13.7. The van der Waals surface area contributed by atoms with Crippen molar-refractivity contribution in [2.45, 2.75) is 67.1 Å². The van der Waals surface area contributed by atoms with E-state index in [1.165, 1.54) is 6.08 Å². The fourth-order valence-corrected chi connectivity index (χ4v) is 4.31. The third-order valence-electron chi connectivity index (χ3n) is 5.95. The lowest BCUT2D eigenvalue weighted by molar-refractivity contribution is -0.141.